The zero-order valence-electron chi connectivity index (χ0n) is 16.5. The van der Waals surface area contributed by atoms with Gasteiger partial charge in [0.25, 0.3) is 5.91 Å². The van der Waals surface area contributed by atoms with Gasteiger partial charge in [-0.1, -0.05) is 23.7 Å². The van der Waals surface area contributed by atoms with E-state index in [2.05, 4.69) is 12.1 Å². The Kier molecular flexibility index (Phi) is 6.87. The van der Waals surface area contributed by atoms with E-state index in [9.17, 15) is 9.59 Å². The molecule has 0 unspecified atom stereocenters. The zero-order valence-corrected chi connectivity index (χ0v) is 18.9. The summed E-state index contributed by atoms with van der Waals surface area (Å²) in [7, 11) is 0. The summed E-state index contributed by atoms with van der Waals surface area (Å²) in [4.78, 5) is 32.5. The van der Waals surface area contributed by atoms with Crippen molar-refractivity contribution in [3.63, 3.8) is 0 Å². The number of nitrogens with zero attached hydrogens (tertiary/aromatic N) is 2. The van der Waals surface area contributed by atoms with Gasteiger partial charge in [0.05, 0.1) is 19.0 Å². The number of thiophene rings is 2. The molecule has 156 valence electrons. The summed E-state index contributed by atoms with van der Waals surface area (Å²) in [5.41, 5.74) is 0.613. The van der Waals surface area contributed by atoms with E-state index in [1.165, 1.54) is 9.75 Å². The van der Waals surface area contributed by atoms with Gasteiger partial charge in [-0.3, -0.25) is 9.59 Å². The van der Waals surface area contributed by atoms with Crippen molar-refractivity contribution in [3.05, 3.63) is 79.6 Å². The van der Waals surface area contributed by atoms with Crippen LogP contribution in [0.15, 0.2) is 59.3 Å². The summed E-state index contributed by atoms with van der Waals surface area (Å²) >= 11 is 9.28. The second kappa shape index (κ2) is 9.77. The van der Waals surface area contributed by atoms with Gasteiger partial charge < -0.3 is 9.80 Å². The lowest BCUT2D eigenvalue weighted by molar-refractivity contribution is -0.138. The number of hydrogen-bond acceptors (Lipinski definition) is 4. The van der Waals surface area contributed by atoms with Gasteiger partial charge in [0.15, 0.2) is 0 Å². The van der Waals surface area contributed by atoms with Crippen molar-refractivity contribution in [2.75, 3.05) is 13.1 Å². The van der Waals surface area contributed by atoms with Gasteiger partial charge in [-0.25, -0.2) is 0 Å². The number of likely N-dealkylation sites (tertiary alicyclic amines) is 1. The molecule has 30 heavy (non-hydrogen) atoms. The standard InChI is InChI=1S/C23H23ClN2O2S2/c24-19-9-7-17(8-10-19)22(27)25-11-1-4-18(14-25)23(28)26(15-20-5-2-12-29-20)16-21-6-3-13-30-21/h2-3,5-10,12-13,18H,1,4,11,14-16H2/t18-/m0/s1. The van der Waals surface area contributed by atoms with Gasteiger partial charge >= 0.3 is 0 Å². The lowest BCUT2D eigenvalue weighted by Crippen LogP contribution is -2.46. The van der Waals surface area contributed by atoms with Crippen molar-refractivity contribution in [2.24, 2.45) is 5.92 Å². The molecule has 0 spiro atoms. The van der Waals surface area contributed by atoms with Crippen LogP contribution >= 0.6 is 34.3 Å². The smallest absolute Gasteiger partial charge is 0.253 e. The first-order valence-electron chi connectivity index (χ1n) is 9.98. The summed E-state index contributed by atoms with van der Waals surface area (Å²) < 4.78 is 0. The Hall–Kier alpha value is -2.15. The van der Waals surface area contributed by atoms with Gasteiger partial charge in [0, 0.05) is 33.4 Å². The van der Waals surface area contributed by atoms with Crippen LogP contribution in [0.2, 0.25) is 5.02 Å². The van der Waals surface area contributed by atoms with Gasteiger partial charge in [-0.2, -0.15) is 0 Å². The van der Waals surface area contributed by atoms with E-state index in [0.717, 1.165) is 12.8 Å². The van der Waals surface area contributed by atoms with E-state index in [-0.39, 0.29) is 17.7 Å². The molecule has 2 amide bonds. The fraction of sp³-hybridized carbons (Fsp3) is 0.304. The van der Waals surface area contributed by atoms with Gasteiger partial charge in [-0.15, -0.1) is 22.7 Å². The number of rotatable bonds is 6. The summed E-state index contributed by atoms with van der Waals surface area (Å²) in [6.45, 7) is 2.36. The largest absolute Gasteiger partial charge is 0.338 e. The lowest BCUT2D eigenvalue weighted by atomic mass is 9.95. The quantitative estimate of drug-likeness (QED) is 0.486. The minimum atomic E-state index is -0.171. The molecular weight excluding hydrogens is 436 g/mol. The van der Waals surface area contributed by atoms with Crippen LogP contribution in [0, 0.1) is 5.92 Å². The maximum absolute atomic E-state index is 13.5. The van der Waals surface area contributed by atoms with Crippen LogP contribution in [0.1, 0.15) is 33.0 Å². The average Bonchev–Trinajstić information content (AvgIpc) is 3.47. The molecular formula is C23H23ClN2O2S2. The molecule has 1 fully saturated rings. The highest BCUT2D eigenvalue weighted by molar-refractivity contribution is 7.10. The minimum Gasteiger partial charge on any atom is -0.338 e. The molecule has 0 N–H and O–H groups in total. The number of carbonyl (C=O) groups is 2. The van der Waals surface area contributed by atoms with Crippen LogP contribution in [0.4, 0.5) is 0 Å². The van der Waals surface area contributed by atoms with E-state index >= 15 is 0 Å². The van der Waals surface area contributed by atoms with E-state index in [1.807, 2.05) is 32.7 Å². The van der Waals surface area contributed by atoms with Crippen LogP contribution in [0.5, 0.6) is 0 Å². The van der Waals surface area contributed by atoms with Crippen molar-refractivity contribution in [3.8, 4) is 0 Å². The molecule has 0 radical (unpaired) electrons. The highest BCUT2D eigenvalue weighted by Gasteiger charge is 2.32. The Labute approximate surface area is 189 Å². The van der Waals surface area contributed by atoms with Crippen LogP contribution < -0.4 is 0 Å². The summed E-state index contributed by atoms with van der Waals surface area (Å²) in [6.07, 6.45) is 1.65. The van der Waals surface area contributed by atoms with Crippen molar-refractivity contribution < 1.29 is 9.59 Å². The SMILES string of the molecule is O=C(c1ccc(Cl)cc1)N1CCC[C@H](C(=O)N(Cc2cccs2)Cc2cccs2)C1. The number of carbonyl (C=O) groups excluding carboxylic acids is 2. The summed E-state index contributed by atoms with van der Waals surface area (Å²) in [5.74, 6) is -0.0763. The average molecular weight is 459 g/mol. The van der Waals surface area contributed by atoms with Crippen LogP contribution in [0.3, 0.4) is 0 Å². The third-order valence-electron chi connectivity index (χ3n) is 5.31. The van der Waals surface area contributed by atoms with E-state index < -0.39 is 0 Å². The molecule has 3 heterocycles. The van der Waals surface area contributed by atoms with Crippen molar-refractivity contribution >= 4 is 46.1 Å². The summed E-state index contributed by atoms with van der Waals surface area (Å²) in [6, 6.07) is 15.1. The predicted octanol–water partition coefficient (Wildman–Crippen LogP) is 5.54. The van der Waals surface area contributed by atoms with Gasteiger partial charge in [0.1, 0.15) is 0 Å². The first-order chi connectivity index (χ1) is 14.6. The van der Waals surface area contributed by atoms with Crippen molar-refractivity contribution in [1.82, 2.24) is 9.80 Å². The normalized spacial score (nSPS) is 16.4. The van der Waals surface area contributed by atoms with Gasteiger partial charge in [-0.05, 0) is 60.0 Å². The second-order valence-electron chi connectivity index (χ2n) is 7.45. The Bertz CT molecular complexity index is 935. The molecule has 0 bridgehead atoms. The number of benzene rings is 1. The first-order valence-corrected chi connectivity index (χ1v) is 12.1. The van der Waals surface area contributed by atoms with Crippen molar-refractivity contribution in [1.29, 1.82) is 0 Å². The number of hydrogen-bond donors (Lipinski definition) is 0. The first kappa shape index (κ1) is 21.1. The molecule has 0 aliphatic carbocycles. The summed E-state index contributed by atoms with van der Waals surface area (Å²) in [5, 5.41) is 4.68. The molecule has 1 saturated heterocycles. The third-order valence-corrected chi connectivity index (χ3v) is 7.29. The maximum atomic E-state index is 13.5. The maximum Gasteiger partial charge on any atom is 0.253 e. The Morgan fingerprint density at radius 3 is 2.20 bits per heavy atom. The van der Waals surface area contributed by atoms with E-state index in [0.29, 0.717) is 36.8 Å². The van der Waals surface area contributed by atoms with Crippen molar-refractivity contribution in [2.45, 2.75) is 25.9 Å². The molecule has 0 saturated carbocycles. The molecule has 1 aromatic carbocycles. The Morgan fingerprint density at radius 2 is 1.63 bits per heavy atom. The topological polar surface area (TPSA) is 40.6 Å². The van der Waals surface area contributed by atoms with Gasteiger partial charge in [0.2, 0.25) is 5.91 Å². The second-order valence-corrected chi connectivity index (χ2v) is 9.95. The molecule has 1 aliphatic heterocycles. The minimum absolute atomic E-state index is 0.0350. The fourth-order valence-electron chi connectivity index (χ4n) is 3.79. The van der Waals surface area contributed by atoms with Crippen LogP contribution in [-0.2, 0) is 17.9 Å². The molecule has 7 heteroatoms. The lowest BCUT2D eigenvalue weighted by Gasteiger charge is -2.35. The van der Waals surface area contributed by atoms with Crippen LogP contribution in [-0.4, -0.2) is 34.7 Å². The number of amides is 2. The fourth-order valence-corrected chi connectivity index (χ4v) is 5.35. The number of halogens is 1. The predicted molar refractivity (Wildman–Crippen MR) is 123 cm³/mol. The van der Waals surface area contributed by atoms with E-state index in [4.69, 9.17) is 11.6 Å². The number of piperidine rings is 1. The third kappa shape index (κ3) is 5.12. The molecule has 1 atom stereocenters. The molecule has 2 aromatic heterocycles. The highest BCUT2D eigenvalue weighted by atomic mass is 35.5. The zero-order chi connectivity index (χ0) is 20.9. The Morgan fingerprint density at radius 1 is 1.00 bits per heavy atom. The molecule has 4 nitrogen and oxygen atoms in total. The molecule has 3 aromatic rings. The Balaban J connectivity index is 1.47. The van der Waals surface area contributed by atoms with E-state index in [1.54, 1.807) is 46.9 Å². The monoisotopic (exact) mass is 458 g/mol. The molecule has 4 rings (SSSR count). The highest BCUT2D eigenvalue weighted by Crippen LogP contribution is 2.25. The van der Waals surface area contributed by atoms with Crippen LogP contribution in [0.25, 0.3) is 0 Å². The molecule has 1 aliphatic rings.